The smallest absolute Gasteiger partial charge is 0.109 e. The van der Waals surface area contributed by atoms with E-state index in [4.69, 9.17) is 0 Å². The molecule has 17 heavy (non-hydrogen) atoms. The van der Waals surface area contributed by atoms with Gasteiger partial charge in [-0.25, -0.2) is 4.98 Å². The summed E-state index contributed by atoms with van der Waals surface area (Å²) in [7, 11) is 0. The van der Waals surface area contributed by atoms with Gasteiger partial charge >= 0.3 is 0 Å². The normalized spacial score (nSPS) is 12.5. The summed E-state index contributed by atoms with van der Waals surface area (Å²) in [4.78, 5) is 5.63. The number of nitrogens with zero attached hydrogens (tertiary/aromatic N) is 1. The van der Waals surface area contributed by atoms with Gasteiger partial charge in [0.25, 0.3) is 0 Å². The van der Waals surface area contributed by atoms with E-state index < -0.39 is 0 Å². The molecule has 0 aliphatic carbocycles. The molecule has 4 heteroatoms. The molecule has 0 aliphatic heterocycles. The van der Waals surface area contributed by atoms with E-state index in [0.717, 1.165) is 17.3 Å². The fourth-order valence-corrected chi connectivity index (χ4v) is 2.97. The number of aromatic nitrogens is 1. The van der Waals surface area contributed by atoms with Crippen LogP contribution < -0.4 is 5.32 Å². The Bertz CT molecular complexity index is 414. The van der Waals surface area contributed by atoms with Crippen LogP contribution in [0.2, 0.25) is 0 Å². The number of hydrogen-bond acceptors (Lipinski definition) is 4. The van der Waals surface area contributed by atoms with Gasteiger partial charge in [0.15, 0.2) is 0 Å². The first kappa shape index (κ1) is 12.6. The third-order valence-electron chi connectivity index (χ3n) is 2.39. The van der Waals surface area contributed by atoms with Crippen LogP contribution in [0.3, 0.4) is 0 Å². The zero-order chi connectivity index (χ0) is 11.9. The number of thiazole rings is 1. The van der Waals surface area contributed by atoms with Gasteiger partial charge in [0.05, 0.1) is 6.04 Å². The molecule has 1 aromatic heterocycles. The van der Waals surface area contributed by atoms with Crippen LogP contribution in [-0.4, -0.2) is 17.3 Å². The molecule has 90 valence electrons. The summed E-state index contributed by atoms with van der Waals surface area (Å²) in [6, 6.07) is 10.9. The highest BCUT2D eigenvalue weighted by Gasteiger charge is 2.05. The molecule has 1 aromatic carbocycles. The molecule has 1 heterocycles. The highest BCUT2D eigenvalue weighted by molar-refractivity contribution is 7.99. The maximum Gasteiger partial charge on any atom is 0.109 e. The Balaban J connectivity index is 1.67. The van der Waals surface area contributed by atoms with Crippen LogP contribution in [0.1, 0.15) is 18.0 Å². The number of benzene rings is 1. The first-order valence-electron chi connectivity index (χ1n) is 5.67. The Morgan fingerprint density at radius 2 is 2.18 bits per heavy atom. The lowest BCUT2D eigenvalue weighted by molar-refractivity contribution is 0.598. The highest BCUT2D eigenvalue weighted by atomic mass is 32.2. The van der Waals surface area contributed by atoms with E-state index in [1.54, 1.807) is 11.3 Å². The summed E-state index contributed by atoms with van der Waals surface area (Å²) in [6.07, 6.45) is 1.86. The van der Waals surface area contributed by atoms with Crippen molar-refractivity contribution in [2.45, 2.75) is 17.9 Å². The predicted octanol–water partition coefficient (Wildman–Crippen LogP) is 3.59. The highest BCUT2D eigenvalue weighted by Crippen LogP contribution is 2.17. The summed E-state index contributed by atoms with van der Waals surface area (Å²) in [5.74, 6) is 1.08. The first-order valence-corrected chi connectivity index (χ1v) is 7.53. The van der Waals surface area contributed by atoms with E-state index in [1.165, 1.54) is 4.90 Å². The molecule has 2 aromatic rings. The average Bonchev–Trinajstić information content (AvgIpc) is 2.89. The number of thioether (sulfide) groups is 1. The summed E-state index contributed by atoms with van der Waals surface area (Å²) in [6.45, 7) is 3.16. The van der Waals surface area contributed by atoms with Crippen molar-refractivity contribution in [3.05, 3.63) is 46.9 Å². The van der Waals surface area contributed by atoms with Gasteiger partial charge in [-0.1, -0.05) is 18.2 Å². The molecule has 1 atom stereocenters. The summed E-state index contributed by atoms with van der Waals surface area (Å²) >= 11 is 3.59. The molecule has 1 unspecified atom stereocenters. The molecule has 0 radical (unpaired) electrons. The van der Waals surface area contributed by atoms with Crippen molar-refractivity contribution < 1.29 is 0 Å². The Labute approximate surface area is 110 Å². The molecule has 0 amide bonds. The lowest BCUT2D eigenvalue weighted by Crippen LogP contribution is -2.21. The Hall–Kier alpha value is -0.840. The second-order valence-corrected chi connectivity index (χ2v) is 5.80. The maximum atomic E-state index is 4.30. The molecule has 2 rings (SSSR count). The minimum atomic E-state index is 0.353. The Morgan fingerprint density at radius 3 is 2.88 bits per heavy atom. The topological polar surface area (TPSA) is 24.9 Å². The molecular weight excluding hydrogens is 248 g/mol. The molecule has 0 bridgehead atoms. The monoisotopic (exact) mass is 264 g/mol. The minimum absolute atomic E-state index is 0.353. The van der Waals surface area contributed by atoms with Gasteiger partial charge in [0, 0.05) is 28.8 Å². The van der Waals surface area contributed by atoms with Crippen molar-refractivity contribution in [2.75, 3.05) is 12.3 Å². The minimum Gasteiger partial charge on any atom is -0.307 e. The van der Waals surface area contributed by atoms with Gasteiger partial charge in [-0.3, -0.25) is 0 Å². The van der Waals surface area contributed by atoms with Crippen LogP contribution >= 0.6 is 23.1 Å². The fourth-order valence-electron chi connectivity index (χ4n) is 1.50. The lowest BCUT2D eigenvalue weighted by atomic mass is 10.3. The van der Waals surface area contributed by atoms with Crippen molar-refractivity contribution in [3.63, 3.8) is 0 Å². The second-order valence-electron chi connectivity index (χ2n) is 3.71. The maximum absolute atomic E-state index is 4.30. The van der Waals surface area contributed by atoms with Gasteiger partial charge in [-0.05, 0) is 19.1 Å². The number of nitrogens with one attached hydrogen (secondary N) is 1. The summed E-state index contributed by atoms with van der Waals surface area (Å²) in [5.41, 5.74) is 0. The quantitative estimate of drug-likeness (QED) is 0.637. The Morgan fingerprint density at radius 1 is 1.35 bits per heavy atom. The zero-order valence-electron chi connectivity index (χ0n) is 9.80. The van der Waals surface area contributed by atoms with Crippen molar-refractivity contribution >= 4 is 23.1 Å². The molecule has 0 saturated heterocycles. The average molecular weight is 264 g/mol. The summed E-state index contributed by atoms with van der Waals surface area (Å²) in [5, 5.41) is 6.66. The standard InChI is InChI=1S/C13H16N2S2/c1-11(13-15-8-10-17-13)14-7-9-16-12-5-3-2-4-6-12/h2-6,8,10-11,14H,7,9H2,1H3. The van der Waals surface area contributed by atoms with Gasteiger partial charge in [-0.2, -0.15) is 0 Å². The van der Waals surface area contributed by atoms with Crippen LogP contribution in [0.5, 0.6) is 0 Å². The van der Waals surface area contributed by atoms with E-state index in [-0.39, 0.29) is 0 Å². The molecule has 0 aliphatic rings. The molecular formula is C13H16N2S2. The number of rotatable bonds is 6. The predicted molar refractivity (Wildman–Crippen MR) is 75.7 cm³/mol. The van der Waals surface area contributed by atoms with Crippen LogP contribution in [-0.2, 0) is 0 Å². The third-order valence-corrected chi connectivity index (χ3v) is 4.36. The number of hydrogen-bond donors (Lipinski definition) is 1. The first-order chi connectivity index (χ1) is 8.36. The van der Waals surface area contributed by atoms with E-state index in [9.17, 15) is 0 Å². The van der Waals surface area contributed by atoms with Crippen LogP contribution in [0, 0.1) is 0 Å². The van der Waals surface area contributed by atoms with Crippen molar-refractivity contribution in [1.29, 1.82) is 0 Å². The van der Waals surface area contributed by atoms with Crippen molar-refractivity contribution in [1.82, 2.24) is 10.3 Å². The molecule has 0 spiro atoms. The largest absolute Gasteiger partial charge is 0.307 e. The van der Waals surface area contributed by atoms with Gasteiger partial charge in [-0.15, -0.1) is 23.1 Å². The second kappa shape index (κ2) is 6.79. The SMILES string of the molecule is CC(NCCSc1ccccc1)c1nccs1. The van der Waals surface area contributed by atoms with Crippen LogP contribution in [0.25, 0.3) is 0 Å². The van der Waals surface area contributed by atoms with Crippen molar-refractivity contribution in [2.24, 2.45) is 0 Å². The van der Waals surface area contributed by atoms with Gasteiger partial charge in [0.1, 0.15) is 5.01 Å². The molecule has 2 nitrogen and oxygen atoms in total. The lowest BCUT2D eigenvalue weighted by Gasteiger charge is -2.10. The van der Waals surface area contributed by atoms with E-state index >= 15 is 0 Å². The van der Waals surface area contributed by atoms with Gasteiger partial charge in [0.2, 0.25) is 0 Å². The molecule has 0 fully saturated rings. The van der Waals surface area contributed by atoms with Crippen molar-refractivity contribution in [3.8, 4) is 0 Å². The van der Waals surface area contributed by atoms with E-state index in [1.807, 2.05) is 29.4 Å². The fraction of sp³-hybridized carbons (Fsp3) is 0.308. The van der Waals surface area contributed by atoms with E-state index in [2.05, 4.69) is 41.5 Å². The van der Waals surface area contributed by atoms with Gasteiger partial charge < -0.3 is 5.32 Å². The third kappa shape index (κ3) is 4.15. The summed E-state index contributed by atoms with van der Waals surface area (Å²) < 4.78 is 0. The van der Waals surface area contributed by atoms with Crippen LogP contribution in [0.4, 0.5) is 0 Å². The van der Waals surface area contributed by atoms with E-state index in [0.29, 0.717) is 6.04 Å². The van der Waals surface area contributed by atoms with Crippen LogP contribution in [0.15, 0.2) is 46.8 Å². The molecule has 1 N–H and O–H groups in total. The zero-order valence-corrected chi connectivity index (χ0v) is 11.4. The Kier molecular flexibility index (Phi) is 5.04. The molecule has 0 saturated carbocycles.